The van der Waals surface area contributed by atoms with Gasteiger partial charge in [0.1, 0.15) is 12.3 Å². The number of rotatable bonds is 5. The fraction of sp³-hybridized carbons (Fsp3) is 0.176. The van der Waals surface area contributed by atoms with E-state index in [1.165, 1.54) is 4.80 Å². The summed E-state index contributed by atoms with van der Waals surface area (Å²) in [6.07, 6.45) is 0. The molecule has 3 aromatic rings. The lowest BCUT2D eigenvalue weighted by Crippen LogP contribution is -2.20. The molecule has 0 aliphatic rings. The number of para-hydroxylation sites is 2. The number of nitrogens with zero attached hydrogens (tertiary/aromatic N) is 4. The molecule has 0 unspecified atom stereocenters. The molecular weight excluding hydrogens is 306 g/mol. The topological polar surface area (TPSA) is 81.9 Å². The molecule has 0 radical (unpaired) electrons. The minimum absolute atomic E-state index is 0.0308. The number of benzene rings is 2. The normalized spacial score (nSPS) is 10.4. The van der Waals surface area contributed by atoms with Gasteiger partial charge < -0.3 is 10.1 Å². The van der Waals surface area contributed by atoms with E-state index in [0.717, 1.165) is 11.1 Å². The molecule has 1 N–H and O–H groups in total. The highest BCUT2D eigenvalue weighted by atomic mass is 16.5. The third kappa shape index (κ3) is 3.40. The second-order valence-electron chi connectivity index (χ2n) is 5.21. The van der Waals surface area contributed by atoms with Crippen LogP contribution in [0.5, 0.6) is 5.75 Å². The van der Waals surface area contributed by atoms with Gasteiger partial charge in [0, 0.05) is 5.56 Å². The Kier molecular flexibility index (Phi) is 4.51. The number of hydrogen-bond acceptors (Lipinski definition) is 5. The Morgan fingerprint density at radius 2 is 1.92 bits per heavy atom. The molecule has 1 aromatic heterocycles. The third-order valence-electron chi connectivity index (χ3n) is 3.50. The number of nitrogens with one attached hydrogen (secondary N) is 1. The summed E-state index contributed by atoms with van der Waals surface area (Å²) in [6, 6.07) is 15.0. The Morgan fingerprint density at radius 1 is 1.17 bits per heavy atom. The lowest BCUT2D eigenvalue weighted by Gasteiger charge is -2.09. The van der Waals surface area contributed by atoms with Crippen LogP contribution in [0.15, 0.2) is 48.5 Å². The minimum atomic E-state index is -0.256. The van der Waals surface area contributed by atoms with E-state index in [1.807, 2.05) is 43.3 Å². The molecule has 1 amide bonds. The monoisotopic (exact) mass is 323 g/mol. The highest BCUT2D eigenvalue weighted by molar-refractivity contribution is 5.92. The van der Waals surface area contributed by atoms with Crippen molar-refractivity contribution < 1.29 is 9.53 Å². The van der Waals surface area contributed by atoms with E-state index in [1.54, 1.807) is 19.2 Å². The van der Waals surface area contributed by atoms with Crippen LogP contribution in [0.1, 0.15) is 5.56 Å². The molecule has 2 aromatic carbocycles. The average Bonchev–Trinajstić information content (AvgIpc) is 3.04. The van der Waals surface area contributed by atoms with Crippen LogP contribution in [0.25, 0.3) is 11.4 Å². The first-order valence-electron chi connectivity index (χ1n) is 7.44. The van der Waals surface area contributed by atoms with Crippen molar-refractivity contribution in [2.75, 3.05) is 12.4 Å². The van der Waals surface area contributed by atoms with Crippen LogP contribution >= 0.6 is 0 Å². The van der Waals surface area contributed by atoms with Crippen LogP contribution in [0, 0.1) is 6.92 Å². The van der Waals surface area contributed by atoms with Gasteiger partial charge in [-0.3, -0.25) is 4.79 Å². The predicted octanol–water partition coefficient (Wildman–Crippen LogP) is 2.30. The van der Waals surface area contributed by atoms with Crippen LogP contribution in [0.2, 0.25) is 0 Å². The number of carbonyl (C=O) groups excluding carboxylic acids is 1. The number of methoxy groups -OCH3 is 1. The molecule has 0 saturated heterocycles. The van der Waals surface area contributed by atoms with E-state index in [0.29, 0.717) is 17.3 Å². The predicted molar refractivity (Wildman–Crippen MR) is 89.6 cm³/mol. The van der Waals surface area contributed by atoms with Crippen molar-refractivity contribution in [2.24, 2.45) is 0 Å². The first-order chi connectivity index (χ1) is 11.7. The van der Waals surface area contributed by atoms with Gasteiger partial charge in [0.05, 0.1) is 12.8 Å². The molecule has 0 bridgehead atoms. The highest BCUT2D eigenvalue weighted by Crippen LogP contribution is 2.23. The summed E-state index contributed by atoms with van der Waals surface area (Å²) in [6.45, 7) is 1.95. The first kappa shape index (κ1) is 15.7. The number of tetrazole rings is 1. The van der Waals surface area contributed by atoms with E-state index in [-0.39, 0.29) is 12.5 Å². The lowest BCUT2D eigenvalue weighted by molar-refractivity contribution is -0.117. The van der Waals surface area contributed by atoms with E-state index in [4.69, 9.17) is 4.74 Å². The fourth-order valence-electron chi connectivity index (χ4n) is 2.31. The Hall–Kier alpha value is -3.22. The largest absolute Gasteiger partial charge is 0.495 e. The van der Waals surface area contributed by atoms with Gasteiger partial charge in [0.15, 0.2) is 0 Å². The second kappa shape index (κ2) is 6.91. The van der Waals surface area contributed by atoms with Crippen LogP contribution < -0.4 is 10.1 Å². The van der Waals surface area contributed by atoms with Gasteiger partial charge in [-0.2, -0.15) is 4.80 Å². The summed E-state index contributed by atoms with van der Waals surface area (Å²) >= 11 is 0. The molecule has 0 spiro atoms. The lowest BCUT2D eigenvalue weighted by atomic mass is 10.1. The van der Waals surface area contributed by atoms with Crippen LogP contribution in [-0.2, 0) is 11.3 Å². The third-order valence-corrected chi connectivity index (χ3v) is 3.50. The van der Waals surface area contributed by atoms with Crippen LogP contribution in [0.4, 0.5) is 5.69 Å². The zero-order chi connectivity index (χ0) is 16.9. The van der Waals surface area contributed by atoms with E-state index >= 15 is 0 Å². The summed E-state index contributed by atoms with van der Waals surface area (Å²) in [5, 5.41) is 15.0. The molecule has 1 heterocycles. The van der Waals surface area contributed by atoms with E-state index < -0.39 is 0 Å². The Balaban J connectivity index is 1.71. The first-order valence-corrected chi connectivity index (χ1v) is 7.44. The SMILES string of the molecule is COc1ccccc1NC(=O)Cn1nnc(-c2ccccc2C)n1. The van der Waals surface area contributed by atoms with Crippen molar-refractivity contribution in [3.05, 3.63) is 54.1 Å². The molecule has 0 atom stereocenters. The standard InChI is InChI=1S/C17H17N5O2/c1-12-7-3-4-8-13(12)17-19-21-22(20-17)11-16(23)18-14-9-5-6-10-15(14)24-2/h3-10H,11H2,1-2H3,(H,18,23). The van der Waals surface area contributed by atoms with Gasteiger partial charge in [-0.25, -0.2) is 0 Å². The van der Waals surface area contributed by atoms with Gasteiger partial charge in [-0.05, 0) is 29.8 Å². The van der Waals surface area contributed by atoms with Crippen molar-refractivity contribution in [1.29, 1.82) is 0 Å². The average molecular weight is 323 g/mol. The summed E-state index contributed by atoms with van der Waals surface area (Å²) in [4.78, 5) is 13.4. The number of aromatic nitrogens is 4. The second-order valence-corrected chi connectivity index (χ2v) is 5.21. The Morgan fingerprint density at radius 3 is 2.71 bits per heavy atom. The Bertz CT molecular complexity index is 859. The minimum Gasteiger partial charge on any atom is -0.495 e. The molecule has 122 valence electrons. The fourth-order valence-corrected chi connectivity index (χ4v) is 2.31. The Labute approximate surface area is 139 Å². The van der Waals surface area contributed by atoms with Gasteiger partial charge in [0.2, 0.25) is 11.7 Å². The molecule has 0 saturated carbocycles. The summed E-state index contributed by atoms with van der Waals surface area (Å²) in [7, 11) is 1.55. The molecule has 3 rings (SSSR count). The smallest absolute Gasteiger partial charge is 0.248 e. The maximum Gasteiger partial charge on any atom is 0.248 e. The number of amides is 1. The molecular formula is C17H17N5O2. The molecule has 7 nitrogen and oxygen atoms in total. The van der Waals surface area contributed by atoms with Gasteiger partial charge in [0.25, 0.3) is 0 Å². The van der Waals surface area contributed by atoms with E-state index in [9.17, 15) is 4.79 Å². The summed E-state index contributed by atoms with van der Waals surface area (Å²) in [5.74, 6) is 0.837. The number of hydrogen-bond donors (Lipinski definition) is 1. The van der Waals surface area contributed by atoms with Crippen molar-refractivity contribution in [1.82, 2.24) is 20.2 Å². The van der Waals surface area contributed by atoms with Gasteiger partial charge in [-0.1, -0.05) is 36.4 Å². The summed E-state index contributed by atoms with van der Waals surface area (Å²) in [5.41, 5.74) is 2.55. The maximum absolute atomic E-state index is 12.2. The molecule has 0 fully saturated rings. The zero-order valence-electron chi connectivity index (χ0n) is 13.4. The van der Waals surface area contributed by atoms with Crippen molar-refractivity contribution in [3.8, 4) is 17.1 Å². The number of carbonyl (C=O) groups is 1. The molecule has 7 heteroatoms. The summed E-state index contributed by atoms with van der Waals surface area (Å²) < 4.78 is 5.21. The van der Waals surface area contributed by atoms with Gasteiger partial charge >= 0.3 is 0 Å². The van der Waals surface area contributed by atoms with Crippen molar-refractivity contribution in [3.63, 3.8) is 0 Å². The van der Waals surface area contributed by atoms with Crippen molar-refractivity contribution in [2.45, 2.75) is 13.5 Å². The van der Waals surface area contributed by atoms with Crippen LogP contribution in [0.3, 0.4) is 0 Å². The van der Waals surface area contributed by atoms with Crippen LogP contribution in [-0.4, -0.2) is 33.2 Å². The molecule has 0 aliphatic carbocycles. The quantitative estimate of drug-likeness (QED) is 0.779. The van der Waals surface area contributed by atoms with Crippen molar-refractivity contribution >= 4 is 11.6 Å². The zero-order valence-corrected chi connectivity index (χ0v) is 13.4. The number of ether oxygens (including phenoxy) is 1. The number of aryl methyl sites for hydroxylation is 1. The maximum atomic E-state index is 12.2. The molecule has 0 aliphatic heterocycles. The molecule has 24 heavy (non-hydrogen) atoms. The van der Waals surface area contributed by atoms with E-state index in [2.05, 4.69) is 20.7 Å². The van der Waals surface area contributed by atoms with Gasteiger partial charge in [-0.15, -0.1) is 10.2 Å². The number of anilines is 1. The highest BCUT2D eigenvalue weighted by Gasteiger charge is 2.12.